The molecule has 1 atom stereocenters. The number of nitrogens with zero attached hydrogens (tertiary/aromatic N) is 1. The fourth-order valence-electron chi connectivity index (χ4n) is 1.80. The average Bonchev–Trinajstić information content (AvgIpc) is 2.58. The van der Waals surface area contributed by atoms with Gasteiger partial charge < -0.3 is 21.1 Å². The van der Waals surface area contributed by atoms with Crippen molar-refractivity contribution in [3.05, 3.63) is 29.0 Å². The number of aromatic hydroxyl groups is 1. The molecular weight excluding hydrogens is 194 g/mol. The van der Waals surface area contributed by atoms with Crippen LogP contribution in [0.2, 0.25) is 0 Å². The molecule has 0 spiro atoms. The number of phenolic OH excluding ortho intramolecular Hbond substituents is 1. The molecule has 5 nitrogen and oxygen atoms in total. The first kappa shape index (κ1) is 10.2. The van der Waals surface area contributed by atoms with E-state index in [-0.39, 0.29) is 10.8 Å². The smallest absolute Gasteiger partial charge is 0.133 e. The van der Waals surface area contributed by atoms with Crippen LogP contribution in [0.4, 0.5) is 5.69 Å². The van der Waals surface area contributed by atoms with E-state index in [0.717, 1.165) is 12.1 Å². The Bertz CT molecular complexity index is 357. The summed E-state index contributed by atoms with van der Waals surface area (Å²) in [5, 5.41) is 20.9. The van der Waals surface area contributed by atoms with Crippen molar-refractivity contribution < 1.29 is 10.2 Å². The van der Waals surface area contributed by atoms with Crippen molar-refractivity contribution in [2.75, 3.05) is 25.5 Å². The van der Waals surface area contributed by atoms with Gasteiger partial charge in [0.1, 0.15) is 12.4 Å². The van der Waals surface area contributed by atoms with Gasteiger partial charge in [-0.05, 0) is 18.2 Å². The molecule has 1 heterocycles. The second-order valence-electron chi connectivity index (χ2n) is 3.89. The van der Waals surface area contributed by atoms with Gasteiger partial charge in [-0.2, -0.15) is 0 Å². The lowest BCUT2D eigenvalue weighted by molar-refractivity contribution is -0.839. The zero-order valence-corrected chi connectivity index (χ0v) is 8.44. The lowest BCUT2D eigenvalue weighted by Crippen LogP contribution is -3.05. The number of phenols is 1. The van der Waals surface area contributed by atoms with E-state index in [9.17, 15) is 10.3 Å². The normalized spacial score (nSPS) is 22.1. The molecule has 1 unspecified atom stereocenters. The third-order valence-electron chi connectivity index (χ3n) is 2.60. The number of hydroxylamine groups is 2. The summed E-state index contributed by atoms with van der Waals surface area (Å²) < 4.78 is 0. The Kier molecular flexibility index (Phi) is 2.77. The number of hydrogen-bond acceptors (Lipinski definition) is 4. The van der Waals surface area contributed by atoms with Gasteiger partial charge in [0, 0.05) is 17.8 Å². The van der Waals surface area contributed by atoms with Gasteiger partial charge in [0.05, 0.1) is 13.1 Å². The van der Waals surface area contributed by atoms with Crippen LogP contribution in [0.25, 0.3) is 0 Å². The van der Waals surface area contributed by atoms with Gasteiger partial charge in [-0.15, -0.1) is 0 Å². The molecule has 5 heteroatoms. The molecule has 0 saturated carbocycles. The fourth-order valence-corrected chi connectivity index (χ4v) is 1.80. The van der Waals surface area contributed by atoms with E-state index in [4.69, 9.17) is 5.73 Å². The summed E-state index contributed by atoms with van der Waals surface area (Å²) in [7, 11) is 0. The standard InChI is InChI=1S/C10H15N3O2/c11-9-1-2-10(14)8(5-9)6-12-3-4-13(15)7-12/h1-2,5,13-14H,3-4,6-7,11H2. The summed E-state index contributed by atoms with van der Waals surface area (Å²) in [5.41, 5.74) is 7.05. The van der Waals surface area contributed by atoms with Crippen LogP contribution in [-0.4, -0.2) is 29.8 Å². The van der Waals surface area contributed by atoms with Gasteiger partial charge >= 0.3 is 0 Å². The van der Waals surface area contributed by atoms with E-state index in [1.54, 1.807) is 18.2 Å². The summed E-state index contributed by atoms with van der Waals surface area (Å²) in [4.78, 5) is 2.01. The highest BCUT2D eigenvalue weighted by atomic mass is 16.5. The molecule has 15 heavy (non-hydrogen) atoms. The molecule has 1 aromatic carbocycles. The molecule has 0 aromatic heterocycles. The largest absolute Gasteiger partial charge is 0.633 e. The molecule has 1 fully saturated rings. The maximum absolute atomic E-state index is 11.1. The molecule has 0 amide bonds. The molecule has 2 rings (SSSR count). The van der Waals surface area contributed by atoms with E-state index in [1.165, 1.54) is 0 Å². The van der Waals surface area contributed by atoms with Crippen LogP contribution in [0, 0.1) is 5.21 Å². The first-order chi connectivity index (χ1) is 7.15. The van der Waals surface area contributed by atoms with Crippen LogP contribution in [-0.2, 0) is 6.54 Å². The van der Waals surface area contributed by atoms with Crippen molar-refractivity contribution in [3.8, 4) is 5.75 Å². The van der Waals surface area contributed by atoms with E-state index in [0.29, 0.717) is 25.4 Å². The summed E-state index contributed by atoms with van der Waals surface area (Å²) in [6.45, 7) is 2.45. The maximum atomic E-state index is 11.1. The highest BCUT2D eigenvalue weighted by Crippen LogP contribution is 2.21. The molecule has 82 valence electrons. The zero-order valence-electron chi connectivity index (χ0n) is 8.44. The van der Waals surface area contributed by atoms with Gasteiger partial charge in [-0.1, -0.05) is 0 Å². The van der Waals surface area contributed by atoms with Crippen molar-refractivity contribution in [1.82, 2.24) is 4.90 Å². The first-order valence-corrected chi connectivity index (χ1v) is 4.96. The lowest BCUT2D eigenvalue weighted by Gasteiger charge is -2.17. The minimum atomic E-state index is 0.239. The van der Waals surface area contributed by atoms with Crippen molar-refractivity contribution in [2.45, 2.75) is 6.54 Å². The minimum Gasteiger partial charge on any atom is -0.633 e. The highest BCUT2D eigenvalue weighted by molar-refractivity contribution is 5.47. The average molecular weight is 209 g/mol. The Labute approximate surface area is 88.3 Å². The summed E-state index contributed by atoms with van der Waals surface area (Å²) in [5.74, 6) is 0.239. The third-order valence-corrected chi connectivity index (χ3v) is 2.60. The van der Waals surface area contributed by atoms with E-state index in [2.05, 4.69) is 0 Å². The van der Waals surface area contributed by atoms with Crippen molar-refractivity contribution in [1.29, 1.82) is 0 Å². The summed E-state index contributed by atoms with van der Waals surface area (Å²) in [6.07, 6.45) is 0. The number of rotatable bonds is 2. The number of anilines is 1. The molecule has 1 saturated heterocycles. The van der Waals surface area contributed by atoms with E-state index >= 15 is 0 Å². The monoisotopic (exact) mass is 209 g/mol. The van der Waals surface area contributed by atoms with Crippen LogP contribution < -0.4 is 10.8 Å². The van der Waals surface area contributed by atoms with Gasteiger partial charge in [-0.25, -0.2) is 4.90 Å². The van der Waals surface area contributed by atoms with Gasteiger partial charge in [0.2, 0.25) is 0 Å². The predicted molar refractivity (Wildman–Crippen MR) is 57.0 cm³/mol. The van der Waals surface area contributed by atoms with E-state index < -0.39 is 0 Å². The van der Waals surface area contributed by atoms with Crippen LogP contribution in [0.3, 0.4) is 0 Å². The predicted octanol–water partition coefficient (Wildman–Crippen LogP) is -0.870. The minimum absolute atomic E-state index is 0.239. The molecule has 1 aromatic rings. The van der Waals surface area contributed by atoms with Gasteiger partial charge in [-0.3, -0.25) is 0 Å². The number of benzene rings is 1. The Hall–Kier alpha value is -1.30. The van der Waals surface area contributed by atoms with Crippen molar-refractivity contribution in [2.24, 2.45) is 0 Å². The third kappa shape index (κ3) is 2.38. The van der Waals surface area contributed by atoms with Crippen LogP contribution in [0.5, 0.6) is 5.75 Å². The SMILES string of the molecule is Nc1ccc(O)c(CN2CC[NH+]([O-])C2)c1. The summed E-state index contributed by atoms with van der Waals surface area (Å²) >= 11 is 0. The topological polar surface area (TPSA) is 77.0 Å². The number of nitrogen functional groups attached to an aromatic ring is 1. The van der Waals surface area contributed by atoms with E-state index in [1.807, 2.05) is 4.90 Å². The Morgan fingerprint density at radius 1 is 1.53 bits per heavy atom. The quantitative estimate of drug-likeness (QED) is 0.336. The number of nitrogens with two attached hydrogens (primary N) is 1. The van der Waals surface area contributed by atoms with Gasteiger partial charge in [0.15, 0.2) is 0 Å². The number of nitrogens with one attached hydrogen (secondary N) is 1. The lowest BCUT2D eigenvalue weighted by atomic mass is 10.1. The highest BCUT2D eigenvalue weighted by Gasteiger charge is 2.18. The first-order valence-electron chi connectivity index (χ1n) is 4.96. The fraction of sp³-hybridized carbons (Fsp3) is 0.400. The second-order valence-corrected chi connectivity index (χ2v) is 3.89. The summed E-state index contributed by atoms with van der Waals surface area (Å²) in [6, 6.07) is 4.99. The Morgan fingerprint density at radius 3 is 3.00 bits per heavy atom. The number of hydrogen-bond donors (Lipinski definition) is 3. The molecule has 0 bridgehead atoms. The second kappa shape index (κ2) is 4.06. The molecule has 0 aliphatic carbocycles. The van der Waals surface area contributed by atoms with Crippen LogP contribution >= 0.6 is 0 Å². The Morgan fingerprint density at radius 2 is 2.33 bits per heavy atom. The maximum Gasteiger partial charge on any atom is 0.133 e. The number of quaternary nitrogens is 1. The Balaban J connectivity index is 2.07. The van der Waals surface area contributed by atoms with Gasteiger partial charge in [0.25, 0.3) is 0 Å². The molecule has 4 N–H and O–H groups in total. The van der Waals surface area contributed by atoms with Crippen molar-refractivity contribution in [3.63, 3.8) is 0 Å². The molecule has 1 aliphatic rings. The van der Waals surface area contributed by atoms with Crippen LogP contribution in [0.15, 0.2) is 18.2 Å². The zero-order chi connectivity index (χ0) is 10.8. The van der Waals surface area contributed by atoms with Crippen LogP contribution in [0.1, 0.15) is 5.56 Å². The molecular formula is C10H15N3O2. The van der Waals surface area contributed by atoms with Crippen molar-refractivity contribution >= 4 is 5.69 Å². The molecule has 1 aliphatic heterocycles. The molecule has 0 radical (unpaired) electrons.